The molecule has 40 heavy (non-hydrogen) atoms. The van der Waals surface area contributed by atoms with Crippen molar-refractivity contribution in [2.75, 3.05) is 0 Å². The molecule has 10 rings (SSSR count). The molecule has 2 aliphatic carbocycles. The van der Waals surface area contributed by atoms with Gasteiger partial charge in [0.2, 0.25) is 0 Å². The molecule has 0 unspecified atom stereocenters. The monoisotopic (exact) mass is 524 g/mol. The second kappa shape index (κ2) is 7.74. The Morgan fingerprint density at radius 3 is 1.75 bits per heavy atom. The fraction of sp³-hybridized carbons (Fsp3) is 0.312. The molecule has 4 N–H and O–H groups in total. The number of benzene rings is 3. The number of imidazole rings is 2. The lowest BCUT2D eigenvalue weighted by Crippen LogP contribution is -2.18. The van der Waals surface area contributed by atoms with Gasteiger partial charge in [-0.2, -0.15) is 0 Å². The normalized spacial score (nSPS) is 28.4. The Hall–Kier alpha value is -4.14. The van der Waals surface area contributed by atoms with E-state index >= 15 is 0 Å². The van der Waals surface area contributed by atoms with Crippen molar-refractivity contribution in [2.45, 2.75) is 49.9 Å². The topological polar surface area (TPSA) is 107 Å². The van der Waals surface area contributed by atoms with Crippen molar-refractivity contribution in [2.24, 2.45) is 11.8 Å². The van der Waals surface area contributed by atoms with Crippen molar-refractivity contribution in [3.8, 4) is 22.4 Å². The van der Waals surface area contributed by atoms with Crippen LogP contribution in [0.25, 0.3) is 55.5 Å². The minimum absolute atomic E-state index is 0.347. The first-order chi connectivity index (χ1) is 19.7. The third kappa shape index (κ3) is 3.39. The summed E-state index contributed by atoms with van der Waals surface area (Å²) in [6.07, 6.45) is 6.90. The van der Waals surface area contributed by atoms with Crippen LogP contribution in [0.2, 0.25) is 0 Å². The predicted molar refractivity (Wildman–Crippen MR) is 154 cm³/mol. The maximum atomic E-state index is 4.96. The highest BCUT2D eigenvalue weighted by atomic mass is 15.1. The predicted octanol–water partition coefficient (Wildman–Crippen LogP) is 5.56. The van der Waals surface area contributed by atoms with E-state index in [1.165, 1.54) is 25.7 Å². The molecule has 2 aliphatic heterocycles. The van der Waals surface area contributed by atoms with Gasteiger partial charge >= 0.3 is 0 Å². The molecule has 3 aromatic heterocycles. The fourth-order valence-corrected chi connectivity index (χ4v) is 7.12. The van der Waals surface area contributed by atoms with Crippen LogP contribution in [-0.4, -0.2) is 42.0 Å². The van der Waals surface area contributed by atoms with Gasteiger partial charge in [-0.15, -0.1) is 0 Å². The number of aromatic nitrogens is 6. The zero-order chi connectivity index (χ0) is 25.9. The zero-order valence-electron chi connectivity index (χ0n) is 21.9. The van der Waals surface area contributed by atoms with Crippen molar-refractivity contribution in [1.29, 1.82) is 0 Å². The Kier molecular flexibility index (Phi) is 4.19. The van der Waals surface area contributed by atoms with Crippen molar-refractivity contribution in [3.63, 3.8) is 0 Å². The number of nitrogens with zero attached hydrogens (tertiary/aromatic N) is 4. The molecule has 2 saturated carbocycles. The molecule has 4 fully saturated rings. The van der Waals surface area contributed by atoms with Crippen molar-refractivity contribution >= 4 is 33.1 Å². The molecule has 6 aromatic rings. The van der Waals surface area contributed by atoms with Crippen molar-refractivity contribution in [1.82, 2.24) is 40.5 Å². The van der Waals surface area contributed by atoms with Gasteiger partial charge in [-0.3, -0.25) is 4.98 Å². The lowest BCUT2D eigenvalue weighted by Gasteiger charge is -2.08. The quantitative estimate of drug-likeness (QED) is 0.240. The van der Waals surface area contributed by atoms with Gasteiger partial charge < -0.3 is 20.6 Å². The third-order valence-electron chi connectivity index (χ3n) is 9.58. The minimum atomic E-state index is 0.347. The first-order valence-corrected chi connectivity index (χ1v) is 14.5. The van der Waals surface area contributed by atoms with E-state index in [1.54, 1.807) is 0 Å². The molecule has 3 aromatic carbocycles. The molecule has 0 radical (unpaired) electrons. The fourth-order valence-electron chi connectivity index (χ4n) is 7.12. The van der Waals surface area contributed by atoms with Crippen LogP contribution >= 0.6 is 0 Å². The van der Waals surface area contributed by atoms with Crippen LogP contribution in [0.3, 0.4) is 0 Å². The lowest BCUT2D eigenvalue weighted by molar-refractivity contribution is 0.544. The summed E-state index contributed by atoms with van der Waals surface area (Å²) in [6, 6.07) is 21.2. The van der Waals surface area contributed by atoms with Crippen LogP contribution in [-0.2, 0) is 0 Å². The highest BCUT2D eigenvalue weighted by Gasteiger charge is 2.47. The second-order valence-electron chi connectivity index (χ2n) is 12.3. The molecular formula is C32H28N8. The Labute approximate surface area is 230 Å². The second-order valence-corrected chi connectivity index (χ2v) is 12.3. The number of fused-ring (bicyclic) bond motifs is 5. The van der Waals surface area contributed by atoms with Crippen LogP contribution in [0.4, 0.5) is 0 Å². The first-order valence-electron chi connectivity index (χ1n) is 14.5. The maximum absolute atomic E-state index is 4.96. The van der Waals surface area contributed by atoms with Crippen LogP contribution < -0.4 is 10.6 Å². The van der Waals surface area contributed by atoms with E-state index in [0.29, 0.717) is 24.2 Å². The van der Waals surface area contributed by atoms with Gasteiger partial charge in [-0.05, 0) is 85.0 Å². The van der Waals surface area contributed by atoms with E-state index in [0.717, 1.165) is 79.0 Å². The average Bonchev–Trinajstić information content (AvgIpc) is 3.57. The van der Waals surface area contributed by atoms with Gasteiger partial charge in [0.1, 0.15) is 11.6 Å². The molecule has 8 heteroatoms. The zero-order valence-corrected chi connectivity index (χ0v) is 21.9. The van der Waals surface area contributed by atoms with E-state index in [1.807, 2.05) is 6.20 Å². The van der Waals surface area contributed by atoms with Gasteiger partial charge in [0.15, 0.2) is 0 Å². The molecule has 5 heterocycles. The highest BCUT2D eigenvalue weighted by Crippen LogP contribution is 2.46. The van der Waals surface area contributed by atoms with Gasteiger partial charge in [-0.25, -0.2) is 15.0 Å². The standard InChI is InChI=1S/C32H28N8/c1-4-20-25(7-15(1)16-2-5-21-26(8-16)39-31(37-21)28-12-18-10-23(18)35-28)33-14-30(34-20)17-3-6-22-27(9-17)40-32(38-22)29-13-19-11-24(19)36-29/h1-9,14,18-19,23-24,28-29,35-36H,10-13H2,(H,37,39)(H,38,40)/t18-,19-,23-,24-,28+,29+/m1/s1. The van der Waals surface area contributed by atoms with E-state index in [2.05, 4.69) is 75.2 Å². The van der Waals surface area contributed by atoms with Gasteiger partial charge in [-0.1, -0.05) is 18.2 Å². The van der Waals surface area contributed by atoms with E-state index in [9.17, 15) is 0 Å². The molecule has 6 atom stereocenters. The van der Waals surface area contributed by atoms with E-state index in [4.69, 9.17) is 19.9 Å². The lowest BCUT2D eigenvalue weighted by atomic mass is 10.0. The van der Waals surface area contributed by atoms with E-state index < -0.39 is 0 Å². The maximum Gasteiger partial charge on any atom is 0.124 e. The molecular weight excluding hydrogens is 496 g/mol. The molecule has 0 amide bonds. The number of nitrogens with one attached hydrogen (secondary N) is 4. The van der Waals surface area contributed by atoms with Crippen LogP contribution in [0, 0.1) is 11.8 Å². The Bertz CT molecular complexity index is 1820. The third-order valence-corrected chi connectivity index (χ3v) is 9.58. The number of hydrogen-bond donors (Lipinski definition) is 4. The smallest absolute Gasteiger partial charge is 0.124 e. The summed E-state index contributed by atoms with van der Waals surface area (Å²) in [5.74, 6) is 3.80. The summed E-state index contributed by atoms with van der Waals surface area (Å²) >= 11 is 0. The number of rotatable bonds is 4. The van der Waals surface area contributed by atoms with Crippen LogP contribution in [0.1, 0.15) is 49.4 Å². The summed E-state index contributed by atoms with van der Waals surface area (Å²) in [5.41, 5.74) is 10.1. The number of H-pyrrole nitrogens is 2. The molecule has 4 aliphatic rings. The van der Waals surface area contributed by atoms with Crippen LogP contribution in [0.15, 0.2) is 60.8 Å². The highest BCUT2D eigenvalue weighted by molar-refractivity contribution is 5.87. The minimum Gasteiger partial charge on any atom is -0.341 e. The summed E-state index contributed by atoms with van der Waals surface area (Å²) in [5, 5.41) is 7.38. The average molecular weight is 525 g/mol. The number of piperidine rings is 2. The SMILES string of the molecule is c1cc2nc(-c3ccc4nc([C@@H]5C[C@H]6C[C@H]6N5)[nH]c4c3)cnc2cc1-c1ccc2nc([C@@H]3C[C@H]4C[C@H]4N3)[nH]c2c1. The van der Waals surface area contributed by atoms with Gasteiger partial charge in [0.05, 0.1) is 57.1 Å². The molecule has 0 bridgehead atoms. The molecule has 2 saturated heterocycles. The first kappa shape index (κ1) is 21.7. The Balaban J connectivity index is 0.942. The Morgan fingerprint density at radius 1 is 0.550 bits per heavy atom. The summed E-state index contributed by atoms with van der Waals surface area (Å²) in [4.78, 5) is 26.6. The number of hydrogen-bond acceptors (Lipinski definition) is 6. The van der Waals surface area contributed by atoms with Crippen LogP contribution in [0.5, 0.6) is 0 Å². The van der Waals surface area contributed by atoms with E-state index in [-0.39, 0.29) is 0 Å². The van der Waals surface area contributed by atoms with Crippen molar-refractivity contribution < 1.29 is 0 Å². The summed E-state index contributed by atoms with van der Waals surface area (Å²) in [6.45, 7) is 0. The molecule has 0 spiro atoms. The molecule has 196 valence electrons. The Morgan fingerprint density at radius 2 is 1.12 bits per heavy atom. The van der Waals surface area contributed by atoms with Gasteiger partial charge in [0, 0.05) is 17.6 Å². The molecule has 8 nitrogen and oxygen atoms in total. The number of aromatic amines is 2. The largest absolute Gasteiger partial charge is 0.341 e. The summed E-state index contributed by atoms with van der Waals surface area (Å²) in [7, 11) is 0. The summed E-state index contributed by atoms with van der Waals surface area (Å²) < 4.78 is 0. The van der Waals surface area contributed by atoms with Gasteiger partial charge in [0.25, 0.3) is 0 Å². The van der Waals surface area contributed by atoms with Crippen molar-refractivity contribution in [3.05, 3.63) is 72.4 Å².